The molecule has 0 aliphatic rings. The van der Waals surface area contributed by atoms with Crippen molar-refractivity contribution in [2.24, 2.45) is 0 Å². The average Bonchev–Trinajstić information content (AvgIpc) is 2.23. The molecule has 0 unspecified atom stereocenters. The molecule has 0 atom stereocenters. The molecule has 72 valence electrons. The topological polar surface area (TPSA) is 42.4 Å². The van der Waals surface area contributed by atoms with Crippen LogP contribution in [0.2, 0.25) is 0 Å². The molecule has 2 rings (SSSR count). The number of methoxy groups -OCH3 is 1. The molecule has 1 N–H and O–H groups in total. The zero-order valence-electron chi connectivity index (χ0n) is 8.11. The van der Waals surface area contributed by atoms with E-state index >= 15 is 0 Å². The maximum absolute atomic E-state index is 9.85. The van der Waals surface area contributed by atoms with Gasteiger partial charge in [-0.2, -0.15) is 0 Å². The molecule has 0 amide bonds. The van der Waals surface area contributed by atoms with Crippen molar-refractivity contribution >= 4 is 10.8 Å². The van der Waals surface area contributed by atoms with Gasteiger partial charge in [0.25, 0.3) is 0 Å². The number of nitrogens with zero attached hydrogens (tertiary/aromatic N) is 1. The van der Waals surface area contributed by atoms with Crippen molar-refractivity contribution in [3.8, 4) is 11.5 Å². The second-order valence-corrected chi connectivity index (χ2v) is 3.15. The second-order valence-electron chi connectivity index (χ2n) is 3.15. The van der Waals surface area contributed by atoms with E-state index in [4.69, 9.17) is 4.74 Å². The second kappa shape index (κ2) is 3.18. The number of aromatic hydroxyl groups is 1. The highest BCUT2D eigenvalue weighted by Gasteiger charge is 2.08. The molecule has 3 heteroatoms. The quantitative estimate of drug-likeness (QED) is 0.748. The van der Waals surface area contributed by atoms with Crippen molar-refractivity contribution in [2.45, 2.75) is 6.92 Å². The van der Waals surface area contributed by atoms with Gasteiger partial charge in [-0.3, -0.25) is 4.98 Å². The number of phenols is 1. The Morgan fingerprint density at radius 1 is 1.43 bits per heavy atom. The van der Waals surface area contributed by atoms with E-state index in [0.29, 0.717) is 5.75 Å². The summed E-state index contributed by atoms with van der Waals surface area (Å²) in [4.78, 5) is 3.97. The van der Waals surface area contributed by atoms with Gasteiger partial charge in [0.1, 0.15) is 11.5 Å². The van der Waals surface area contributed by atoms with Crippen LogP contribution in [0, 0.1) is 6.92 Å². The molecule has 0 radical (unpaired) electrons. The van der Waals surface area contributed by atoms with E-state index in [9.17, 15) is 5.11 Å². The molecule has 1 aromatic heterocycles. The van der Waals surface area contributed by atoms with Gasteiger partial charge in [0.15, 0.2) is 0 Å². The molecule has 0 spiro atoms. The number of hydrogen-bond donors (Lipinski definition) is 1. The Kier molecular flexibility index (Phi) is 2.00. The van der Waals surface area contributed by atoms with Crippen LogP contribution in [0.3, 0.4) is 0 Å². The Morgan fingerprint density at radius 3 is 2.93 bits per heavy atom. The van der Waals surface area contributed by atoms with Crippen LogP contribution in [0.1, 0.15) is 5.56 Å². The van der Waals surface area contributed by atoms with Crippen LogP contribution in [0.15, 0.2) is 24.5 Å². The number of rotatable bonds is 1. The number of hydrogen-bond acceptors (Lipinski definition) is 3. The fraction of sp³-hybridized carbons (Fsp3) is 0.182. The number of benzene rings is 1. The molecule has 2 aromatic rings. The largest absolute Gasteiger partial charge is 0.507 e. The summed E-state index contributed by atoms with van der Waals surface area (Å²) in [5, 5.41) is 11.5. The highest BCUT2D eigenvalue weighted by Crippen LogP contribution is 2.34. The zero-order valence-corrected chi connectivity index (χ0v) is 8.11. The van der Waals surface area contributed by atoms with Gasteiger partial charge in [0.2, 0.25) is 0 Å². The smallest absolute Gasteiger partial charge is 0.131 e. The van der Waals surface area contributed by atoms with Crippen molar-refractivity contribution in [3.63, 3.8) is 0 Å². The summed E-state index contributed by atoms with van der Waals surface area (Å²) in [5.41, 5.74) is 0.744. The number of pyridine rings is 1. The lowest BCUT2D eigenvalue weighted by atomic mass is 10.1. The highest BCUT2D eigenvalue weighted by atomic mass is 16.5. The summed E-state index contributed by atoms with van der Waals surface area (Å²) in [7, 11) is 1.59. The summed E-state index contributed by atoms with van der Waals surface area (Å²) in [6.07, 6.45) is 3.34. The molecule has 0 saturated carbocycles. The van der Waals surface area contributed by atoms with Gasteiger partial charge in [-0.1, -0.05) is 0 Å². The summed E-state index contributed by atoms with van der Waals surface area (Å²) in [6, 6.07) is 3.74. The Balaban J connectivity index is 2.85. The van der Waals surface area contributed by atoms with Gasteiger partial charge in [-0.05, 0) is 24.4 Å². The standard InChI is InChI=1S/C11H11NO2/c1-7-10(14-2)5-8-3-4-12-6-9(8)11(7)13/h3-6,13H,1-2H3. The van der Waals surface area contributed by atoms with E-state index in [1.807, 2.05) is 19.1 Å². The Labute approximate surface area is 82.0 Å². The van der Waals surface area contributed by atoms with Crippen molar-refractivity contribution in [3.05, 3.63) is 30.1 Å². The highest BCUT2D eigenvalue weighted by molar-refractivity contribution is 5.90. The van der Waals surface area contributed by atoms with E-state index in [0.717, 1.165) is 16.3 Å². The molecule has 1 aromatic carbocycles. The molecule has 1 heterocycles. The summed E-state index contributed by atoms with van der Waals surface area (Å²) >= 11 is 0. The van der Waals surface area contributed by atoms with Crippen molar-refractivity contribution in [2.75, 3.05) is 7.11 Å². The molecule has 3 nitrogen and oxygen atoms in total. The molecular weight excluding hydrogens is 178 g/mol. The maximum Gasteiger partial charge on any atom is 0.131 e. The van der Waals surface area contributed by atoms with Crippen LogP contribution in [0.5, 0.6) is 11.5 Å². The van der Waals surface area contributed by atoms with Crippen LogP contribution in [-0.2, 0) is 0 Å². The van der Waals surface area contributed by atoms with Crippen LogP contribution >= 0.6 is 0 Å². The lowest BCUT2D eigenvalue weighted by Gasteiger charge is -2.09. The van der Waals surface area contributed by atoms with Gasteiger partial charge in [0, 0.05) is 23.3 Å². The molecule has 0 saturated heterocycles. The monoisotopic (exact) mass is 189 g/mol. The van der Waals surface area contributed by atoms with Gasteiger partial charge >= 0.3 is 0 Å². The molecular formula is C11H11NO2. The first-order valence-corrected chi connectivity index (χ1v) is 4.34. The first-order valence-electron chi connectivity index (χ1n) is 4.34. The van der Waals surface area contributed by atoms with E-state index in [1.54, 1.807) is 19.5 Å². The third-order valence-corrected chi connectivity index (χ3v) is 2.34. The van der Waals surface area contributed by atoms with E-state index < -0.39 is 0 Å². The van der Waals surface area contributed by atoms with E-state index in [2.05, 4.69) is 4.98 Å². The predicted molar refractivity (Wildman–Crippen MR) is 54.7 cm³/mol. The van der Waals surface area contributed by atoms with E-state index in [1.165, 1.54) is 0 Å². The fourth-order valence-electron chi connectivity index (χ4n) is 1.51. The lowest BCUT2D eigenvalue weighted by Crippen LogP contribution is -1.88. The minimum Gasteiger partial charge on any atom is -0.507 e. The maximum atomic E-state index is 9.85. The Bertz CT molecular complexity index is 480. The van der Waals surface area contributed by atoms with Crippen molar-refractivity contribution < 1.29 is 9.84 Å². The zero-order chi connectivity index (χ0) is 10.1. The molecule has 0 bridgehead atoms. The van der Waals surface area contributed by atoms with Crippen LogP contribution in [-0.4, -0.2) is 17.2 Å². The average molecular weight is 189 g/mol. The molecule has 14 heavy (non-hydrogen) atoms. The molecule has 0 aliphatic heterocycles. The predicted octanol–water partition coefficient (Wildman–Crippen LogP) is 2.26. The van der Waals surface area contributed by atoms with Crippen LogP contribution in [0.4, 0.5) is 0 Å². The minimum atomic E-state index is 0.243. The number of fused-ring (bicyclic) bond motifs is 1. The third-order valence-electron chi connectivity index (χ3n) is 2.34. The normalized spacial score (nSPS) is 10.4. The SMILES string of the molecule is COc1cc2ccncc2c(O)c1C. The molecule has 0 fully saturated rings. The van der Waals surface area contributed by atoms with Crippen LogP contribution < -0.4 is 4.74 Å². The lowest BCUT2D eigenvalue weighted by molar-refractivity contribution is 0.404. The van der Waals surface area contributed by atoms with Gasteiger partial charge in [-0.15, -0.1) is 0 Å². The first kappa shape index (κ1) is 8.81. The number of ether oxygens (including phenoxy) is 1. The number of aromatic nitrogens is 1. The molecule has 0 aliphatic carbocycles. The van der Waals surface area contributed by atoms with Gasteiger partial charge < -0.3 is 9.84 Å². The van der Waals surface area contributed by atoms with E-state index in [-0.39, 0.29) is 5.75 Å². The fourth-order valence-corrected chi connectivity index (χ4v) is 1.51. The Hall–Kier alpha value is -1.77. The minimum absolute atomic E-state index is 0.243. The van der Waals surface area contributed by atoms with Crippen molar-refractivity contribution in [1.29, 1.82) is 0 Å². The Morgan fingerprint density at radius 2 is 2.21 bits per heavy atom. The summed E-state index contributed by atoms with van der Waals surface area (Å²) < 4.78 is 5.15. The van der Waals surface area contributed by atoms with Crippen LogP contribution in [0.25, 0.3) is 10.8 Å². The van der Waals surface area contributed by atoms with Crippen molar-refractivity contribution in [1.82, 2.24) is 4.98 Å². The summed E-state index contributed by atoms with van der Waals surface area (Å²) in [6.45, 7) is 1.82. The number of phenolic OH excluding ortho intramolecular Hbond substituents is 1. The van der Waals surface area contributed by atoms with Gasteiger partial charge in [-0.25, -0.2) is 0 Å². The third kappa shape index (κ3) is 1.18. The first-order chi connectivity index (χ1) is 6.74. The van der Waals surface area contributed by atoms with Gasteiger partial charge in [0.05, 0.1) is 7.11 Å². The summed E-state index contributed by atoms with van der Waals surface area (Å²) in [5.74, 6) is 0.939.